The minimum atomic E-state index is -0.368. The Morgan fingerprint density at radius 2 is 2.06 bits per heavy atom. The number of aromatic nitrogens is 1. The molecule has 2 heterocycles. The van der Waals surface area contributed by atoms with Gasteiger partial charge in [-0.3, -0.25) is 14.7 Å². The molecule has 0 radical (unpaired) electrons. The lowest BCUT2D eigenvalue weighted by Gasteiger charge is -2.32. The Morgan fingerprint density at radius 3 is 2.79 bits per heavy atom. The van der Waals surface area contributed by atoms with Gasteiger partial charge in [0.2, 0.25) is 5.91 Å². The summed E-state index contributed by atoms with van der Waals surface area (Å²) in [6.07, 6.45) is 1.77. The molecule has 4 rings (SSSR count). The van der Waals surface area contributed by atoms with Crippen LogP contribution in [0.5, 0.6) is 5.75 Å². The predicted octanol–water partition coefficient (Wildman–Crippen LogP) is 3.85. The van der Waals surface area contributed by atoms with Gasteiger partial charge in [0.05, 0.1) is 19.6 Å². The lowest BCUT2D eigenvalue weighted by Crippen LogP contribution is -2.45. The highest BCUT2D eigenvalue weighted by atomic mass is 19.1. The summed E-state index contributed by atoms with van der Waals surface area (Å²) in [6.45, 7) is 6.22. The molecular formula is C27H30FN3O3. The number of rotatable bonds is 9. The number of ether oxygens (including phenoxy) is 2. The Morgan fingerprint density at radius 1 is 1.21 bits per heavy atom. The molecule has 1 amide bonds. The van der Waals surface area contributed by atoms with Gasteiger partial charge in [-0.15, -0.1) is 0 Å². The molecule has 1 unspecified atom stereocenters. The van der Waals surface area contributed by atoms with Gasteiger partial charge in [0, 0.05) is 54.8 Å². The van der Waals surface area contributed by atoms with Gasteiger partial charge >= 0.3 is 0 Å². The maximum Gasteiger partial charge on any atom is 0.226 e. The molecule has 1 aliphatic heterocycles. The highest BCUT2D eigenvalue weighted by Crippen LogP contribution is 2.26. The van der Waals surface area contributed by atoms with E-state index in [1.165, 1.54) is 6.07 Å². The molecule has 3 aromatic rings. The number of carbonyl (C=O) groups excluding carboxylic acids is 1. The Hall–Kier alpha value is -3.29. The van der Waals surface area contributed by atoms with Crippen LogP contribution in [0.25, 0.3) is 11.1 Å². The average molecular weight is 464 g/mol. The van der Waals surface area contributed by atoms with Crippen LogP contribution in [0.2, 0.25) is 0 Å². The third-order valence-electron chi connectivity index (χ3n) is 5.90. The summed E-state index contributed by atoms with van der Waals surface area (Å²) in [6, 6.07) is 18.5. The first-order valence-electron chi connectivity index (χ1n) is 11.6. The summed E-state index contributed by atoms with van der Waals surface area (Å²) in [5, 5.41) is 2.89. The van der Waals surface area contributed by atoms with Crippen LogP contribution in [-0.4, -0.2) is 54.7 Å². The molecule has 0 bridgehead atoms. The Balaban J connectivity index is 1.28. The summed E-state index contributed by atoms with van der Waals surface area (Å²) in [7, 11) is 0. The maximum absolute atomic E-state index is 14.8. The molecule has 34 heavy (non-hydrogen) atoms. The van der Waals surface area contributed by atoms with E-state index in [-0.39, 0.29) is 18.1 Å². The van der Waals surface area contributed by atoms with Gasteiger partial charge in [-0.05, 0) is 30.7 Å². The molecule has 1 aromatic heterocycles. The molecule has 1 aliphatic rings. The molecule has 0 saturated carbocycles. The number of halogens is 1. The van der Waals surface area contributed by atoms with E-state index in [1.807, 2.05) is 30.3 Å². The number of carbonyl (C=O) groups is 1. The molecule has 1 saturated heterocycles. The fourth-order valence-electron chi connectivity index (χ4n) is 3.91. The standard InChI is InChI=1S/C27H30FN3O3/c1-20-19-33-13-11-31(20)12-14-34-24-9-10-25(26(28)16-24)22-7-8-23(29-18-22)15-27(32)30-17-21-5-3-2-4-6-21/h2-10,16,18,20H,11-15,17,19H2,1H3,(H,30,32). The van der Waals surface area contributed by atoms with Gasteiger partial charge in [-0.25, -0.2) is 4.39 Å². The summed E-state index contributed by atoms with van der Waals surface area (Å²) >= 11 is 0. The second-order valence-corrected chi connectivity index (χ2v) is 8.43. The van der Waals surface area contributed by atoms with Crippen LogP contribution in [0, 0.1) is 5.82 Å². The van der Waals surface area contributed by atoms with Crippen LogP contribution in [0.4, 0.5) is 4.39 Å². The van der Waals surface area contributed by atoms with Crippen molar-refractivity contribution in [2.45, 2.75) is 25.9 Å². The maximum atomic E-state index is 14.8. The third-order valence-corrected chi connectivity index (χ3v) is 5.90. The second-order valence-electron chi connectivity index (χ2n) is 8.43. The molecule has 6 nitrogen and oxygen atoms in total. The third kappa shape index (κ3) is 6.62. The largest absolute Gasteiger partial charge is 0.492 e. The first-order chi connectivity index (χ1) is 16.6. The summed E-state index contributed by atoms with van der Waals surface area (Å²) in [5.41, 5.74) is 2.77. The number of hydrogen-bond acceptors (Lipinski definition) is 5. The number of benzene rings is 2. The number of nitrogens with one attached hydrogen (secondary N) is 1. The van der Waals surface area contributed by atoms with Crippen LogP contribution in [0.15, 0.2) is 66.9 Å². The first-order valence-corrected chi connectivity index (χ1v) is 11.6. The number of amides is 1. The minimum Gasteiger partial charge on any atom is -0.492 e. The van der Waals surface area contributed by atoms with Crippen molar-refractivity contribution in [2.24, 2.45) is 0 Å². The topological polar surface area (TPSA) is 63.7 Å². The second kappa shape index (κ2) is 11.7. The van der Waals surface area contributed by atoms with Crippen LogP contribution in [0.1, 0.15) is 18.2 Å². The highest BCUT2D eigenvalue weighted by Gasteiger charge is 2.18. The Labute approximate surface area is 199 Å². The van der Waals surface area contributed by atoms with Gasteiger partial charge < -0.3 is 14.8 Å². The molecule has 1 fully saturated rings. The lowest BCUT2D eigenvalue weighted by molar-refractivity contribution is -0.120. The van der Waals surface area contributed by atoms with Crippen molar-refractivity contribution < 1.29 is 18.7 Å². The molecule has 1 atom stereocenters. The first kappa shape index (κ1) is 23.9. The molecular weight excluding hydrogens is 433 g/mol. The van der Waals surface area contributed by atoms with Gasteiger partial charge in [-0.2, -0.15) is 0 Å². The predicted molar refractivity (Wildman–Crippen MR) is 129 cm³/mol. The van der Waals surface area contributed by atoms with E-state index in [4.69, 9.17) is 9.47 Å². The van der Waals surface area contributed by atoms with E-state index >= 15 is 0 Å². The van der Waals surface area contributed by atoms with Crippen molar-refractivity contribution in [1.29, 1.82) is 0 Å². The fourth-order valence-corrected chi connectivity index (χ4v) is 3.91. The van der Waals surface area contributed by atoms with Crippen molar-refractivity contribution in [3.63, 3.8) is 0 Å². The normalized spacial score (nSPS) is 16.2. The van der Waals surface area contributed by atoms with E-state index in [2.05, 4.69) is 22.1 Å². The van der Waals surface area contributed by atoms with E-state index in [0.717, 1.165) is 31.9 Å². The van der Waals surface area contributed by atoms with E-state index in [1.54, 1.807) is 30.5 Å². The minimum absolute atomic E-state index is 0.108. The fraction of sp³-hybridized carbons (Fsp3) is 0.333. The summed E-state index contributed by atoms with van der Waals surface area (Å²) < 4.78 is 26.0. The SMILES string of the molecule is CC1COCCN1CCOc1ccc(-c2ccc(CC(=O)NCc3ccccc3)nc2)c(F)c1. The summed E-state index contributed by atoms with van der Waals surface area (Å²) in [4.78, 5) is 18.9. The molecule has 0 aliphatic carbocycles. The lowest BCUT2D eigenvalue weighted by atomic mass is 10.1. The van der Waals surface area contributed by atoms with E-state index in [9.17, 15) is 9.18 Å². The molecule has 1 N–H and O–H groups in total. The van der Waals surface area contributed by atoms with E-state index < -0.39 is 0 Å². The van der Waals surface area contributed by atoms with Crippen molar-refractivity contribution in [1.82, 2.24) is 15.2 Å². The van der Waals surface area contributed by atoms with Crippen LogP contribution in [0.3, 0.4) is 0 Å². The van der Waals surface area contributed by atoms with Crippen LogP contribution in [-0.2, 0) is 22.5 Å². The van der Waals surface area contributed by atoms with Gasteiger partial charge in [-0.1, -0.05) is 36.4 Å². The molecule has 2 aromatic carbocycles. The molecule has 178 valence electrons. The molecule has 7 heteroatoms. The Bertz CT molecular complexity index is 1080. The van der Waals surface area contributed by atoms with Gasteiger partial charge in [0.15, 0.2) is 0 Å². The summed E-state index contributed by atoms with van der Waals surface area (Å²) in [5.74, 6) is 0.0254. The highest BCUT2D eigenvalue weighted by molar-refractivity contribution is 5.78. The van der Waals surface area contributed by atoms with Crippen LogP contribution >= 0.6 is 0 Å². The number of hydrogen-bond donors (Lipinski definition) is 1. The Kier molecular flexibility index (Phi) is 8.22. The quantitative estimate of drug-likeness (QED) is 0.522. The monoisotopic (exact) mass is 463 g/mol. The average Bonchev–Trinajstić information content (AvgIpc) is 2.85. The molecule has 0 spiro atoms. The van der Waals surface area contributed by atoms with Gasteiger partial charge in [0.1, 0.15) is 18.2 Å². The van der Waals surface area contributed by atoms with E-state index in [0.29, 0.717) is 41.8 Å². The van der Waals surface area contributed by atoms with Crippen molar-refractivity contribution >= 4 is 5.91 Å². The van der Waals surface area contributed by atoms with Crippen molar-refractivity contribution in [3.8, 4) is 16.9 Å². The zero-order valence-corrected chi connectivity index (χ0v) is 19.4. The van der Waals surface area contributed by atoms with Crippen molar-refractivity contribution in [2.75, 3.05) is 32.9 Å². The zero-order chi connectivity index (χ0) is 23.8. The van der Waals surface area contributed by atoms with Gasteiger partial charge in [0.25, 0.3) is 0 Å². The van der Waals surface area contributed by atoms with Crippen molar-refractivity contribution in [3.05, 3.63) is 83.9 Å². The van der Waals surface area contributed by atoms with Crippen LogP contribution < -0.4 is 10.1 Å². The number of pyridine rings is 1. The smallest absolute Gasteiger partial charge is 0.226 e. The number of morpholine rings is 1. The number of nitrogens with zero attached hydrogens (tertiary/aromatic N) is 2. The zero-order valence-electron chi connectivity index (χ0n) is 19.4.